The summed E-state index contributed by atoms with van der Waals surface area (Å²) in [6.45, 7) is 0. The molecule has 0 bridgehead atoms. The predicted octanol–water partition coefficient (Wildman–Crippen LogP) is 3.23. The van der Waals surface area contributed by atoms with E-state index in [9.17, 15) is 9.18 Å². The van der Waals surface area contributed by atoms with Gasteiger partial charge in [0, 0.05) is 18.3 Å². The van der Waals surface area contributed by atoms with E-state index in [1.54, 1.807) is 6.07 Å². The van der Waals surface area contributed by atoms with Gasteiger partial charge in [-0.25, -0.2) is 9.37 Å². The molecule has 18 heavy (non-hydrogen) atoms. The van der Waals surface area contributed by atoms with Crippen LogP contribution in [0.1, 0.15) is 0 Å². The van der Waals surface area contributed by atoms with Crippen LogP contribution in [0.2, 0.25) is 5.15 Å². The quantitative estimate of drug-likeness (QED) is 0.683. The van der Waals surface area contributed by atoms with E-state index in [-0.39, 0.29) is 10.8 Å². The van der Waals surface area contributed by atoms with E-state index < -0.39 is 5.82 Å². The van der Waals surface area contributed by atoms with Gasteiger partial charge < -0.3 is 10.1 Å². The summed E-state index contributed by atoms with van der Waals surface area (Å²) in [7, 11) is 0. The number of ether oxygens (including phenoxy) is 1. The maximum Gasteiger partial charge on any atom is 0.211 e. The SMILES string of the molecule is O=CNc1ccc(Oc2ccnc(Cl)c2)cc1F. The molecule has 1 N–H and O–H groups in total. The number of hydrogen-bond donors (Lipinski definition) is 1. The van der Waals surface area contributed by atoms with E-state index in [0.29, 0.717) is 17.9 Å². The molecule has 4 nitrogen and oxygen atoms in total. The molecule has 1 amide bonds. The maximum atomic E-state index is 13.5. The Hall–Kier alpha value is -2.14. The number of anilines is 1. The average molecular weight is 267 g/mol. The Labute approximate surface area is 107 Å². The highest BCUT2D eigenvalue weighted by Gasteiger charge is 2.05. The molecule has 6 heteroatoms. The molecule has 0 saturated heterocycles. The van der Waals surface area contributed by atoms with Crippen LogP contribution in [0.5, 0.6) is 11.5 Å². The van der Waals surface area contributed by atoms with Crippen LogP contribution < -0.4 is 10.1 Å². The standard InChI is InChI=1S/C12H8ClFN2O2/c13-12-6-9(3-4-15-12)18-8-1-2-11(16-7-17)10(14)5-8/h1-7H,(H,16,17). The normalized spacial score (nSPS) is 9.89. The van der Waals surface area contributed by atoms with Gasteiger partial charge in [-0.2, -0.15) is 0 Å². The van der Waals surface area contributed by atoms with E-state index in [4.69, 9.17) is 16.3 Å². The van der Waals surface area contributed by atoms with E-state index in [1.165, 1.54) is 30.5 Å². The molecule has 1 aromatic carbocycles. The number of aromatic nitrogens is 1. The van der Waals surface area contributed by atoms with Crippen LogP contribution in [0.3, 0.4) is 0 Å². The molecule has 0 spiro atoms. The van der Waals surface area contributed by atoms with Crippen LogP contribution in [0, 0.1) is 5.82 Å². The van der Waals surface area contributed by atoms with E-state index in [2.05, 4.69) is 10.3 Å². The molecule has 0 atom stereocenters. The summed E-state index contributed by atoms with van der Waals surface area (Å²) in [6.07, 6.45) is 1.89. The fraction of sp³-hybridized carbons (Fsp3) is 0. The molecule has 2 aromatic rings. The van der Waals surface area contributed by atoms with Gasteiger partial charge in [0.15, 0.2) is 0 Å². The van der Waals surface area contributed by atoms with Crippen molar-refractivity contribution in [3.05, 3.63) is 47.5 Å². The number of pyridine rings is 1. The minimum Gasteiger partial charge on any atom is -0.457 e. The molecule has 0 saturated carbocycles. The van der Waals surface area contributed by atoms with Crippen molar-refractivity contribution in [3.63, 3.8) is 0 Å². The van der Waals surface area contributed by atoms with Crippen LogP contribution in [0.25, 0.3) is 0 Å². The number of benzene rings is 1. The number of amides is 1. The molecule has 1 heterocycles. The summed E-state index contributed by atoms with van der Waals surface area (Å²) >= 11 is 5.69. The van der Waals surface area contributed by atoms with E-state index >= 15 is 0 Å². The zero-order valence-corrected chi connectivity index (χ0v) is 9.82. The van der Waals surface area contributed by atoms with Crippen LogP contribution in [0.15, 0.2) is 36.5 Å². The topological polar surface area (TPSA) is 51.2 Å². The fourth-order valence-electron chi connectivity index (χ4n) is 1.32. The molecule has 0 aliphatic heterocycles. The lowest BCUT2D eigenvalue weighted by Crippen LogP contribution is -1.97. The summed E-state index contributed by atoms with van der Waals surface area (Å²) in [6, 6.07) is 7.21. The lowest BCUT2D eigenvalue weighted by Gasteiger charge is -2.07. The van der Waals surface area contributed by atoms with Gasteiger partial charge in [-0.3, -0.25) is 4.79 Å². The lowest BCUT2D eigenvalue weighted by atomic mass is 10.3. The fourth-order valence-corrected chi connectivity index (χ4v) is 1.49. The summed E-state index contributed by atoms with van der Waals surface area (Å²) in [5, 5.41) is 2.52. The summed E-state index contributed by atoms with van der Waals surface area (Å²) in [4.78, 5) is 14.0. The summed E-state index contributed by atoms with van der Waals surface area (Å²) in [5.41, 5.74) is 0.0881. The van der Waals surface area contributed by atoms with Gasteiger partial charge in [-0.15, -0.1) is 0 Å². The number of nitrogens with zero attached hydrogens (tertiary/aromatic N) is 1. The Balaban J connectivity index is 2.20. The van der Waals surface area contributed by atoms with Gasteiger partial charge in [-0.1, -0.05) is 11.6 Å². The largest absolute Gasteiger partial charge is 0.457 e. The average Bonchev–Trinajstić information content (AvgIpc) is 2.33. The van der Waals surface area contributed by atoms with Gasteiger partial charge in [0.1, 0.15) is 22.5 Å². The number of carbonyl (C=O) groups excluding carboxylic acids is 1. The zero-order chi connectivity index (χ0) is 13.0. The minimum absolute atomic E-state index is 0.0881. The molecule has 0 aliphatic rings. The highest BCUT2D eigenvalue weighted by Crippen LogP contribution is 2.26. The first-order valence-corrected chi connectivity index (χ1v) is 5.36. The van der Waals surface area contributed by atoms with Crippen molar-refractivity contribution < 1.29 is 13.9 Å². The van der Waals surface area contributed by atoms with Crippen molar-refractivity contribution in [2.45, 2.75) is 0 Å². The number of rotatable bonds is 4. The van der Waals surface area contributed by atoms with Crippen LogP contribution in [0.4, 0.5) is 10.1 Å². The summed E-state index contributed by atoms with van der Waals surface area (Å²) < 4.78 is 18.9. The van der Waals surface area contributed by atoms with Crippen LogP contribution >= 0.6 is 11.6 Å². The number of nitrogens with one attached hydrogen (secondary N) is 1. The van der Waals surface area contributed by atoms with Crippen molar-refractivity contribution in [1.29, 1.82) is 0 Å². The molecule has 0 unspecified atom stereocenters. The molecule has 0 aliphatic carbocycles. The third kappa shape index (κ3) is 2.95. The lowest BCUT2D eigenvalue weighted by molar-refractivity contribution is -0.105. The second kappa shape index (κ2) is 5.46. The van der Waals surface area contributed by atoms with Crippen molar-refractivity contribution in [3.8, 4) is 11.5 Å². The highest BCUT2D eigenvalue weighted by atomic mass is 35.5. The number of hydrogen-bond acceptors (Lipinski definition) is 3. The first-order chi connectivity index (χ1) is 8.69. The Morgan fingerprint density at radius 2 is 2.06 bits per heavy atom. The Kier molecular flexibility index (Phi) is 3.74. The summed E-state index contributed by atoms with van der Waals surface area (Å²) in [5.74, 6) is 0.163. The van der Waals surface area contributed by atoms with E-state index in [0.717, 1.165) is 0 Å². The van der Waals surface area contributed by atoms with Crippen molar-refractivity contribution in [2.75, 3.05) is 5.32 Å². The van der Waals surface area contributed by atoms with Gasteiger partial charge >= 0.3 is 0 Å². The molecule has 92 valence electrons. The van der Waals surface area contributed by atoms with Crippen molar-refractivity contribution >= 4 is 23.7 Å². The molecular weight excluding hydrogens is 259 g/mol. The second-order valence-corrected chi connectivity index (χ2v) is 3.71. The second-order valence-electron chi connectivity index (χ2n) is 3.32. The predicted molar refractivity (Wildman–Crippen MR) is 65.4 cm³/mol. The molecule has 0 radical (unpaired) electrons. The van der Waals surface area contributed by atoms with Crippen LogP contribution in [-0.2, 0) is 4.79 Å². The third-order valence-corrected chi connectivity index (χ3v) is 2.30. The van der Waals surface area contributed by atoms with Crippen molar-refractivity contribution in [1.82, 2.24) is 4.98 Å². The minimum atomic E-state index is -0.584. The Bertz CT molecular complexity index is 578. The molecule has 1 aromatic heterocycles. The first-order valence-electron chi connectivity index (χ1n) is 4.98. The smallest absolute Gasteiger partial charge is 0.211 e. The highest BCUT2D eigenvalue weighted by molar-refractivity contribution is 6.29. The monoisotopic (exact) mass is 266 g/mol. The Morgan fingerprint density at radius 3 is 2.72 bits per heavy atom. The molecular formula is C12H8ClFN2O2. The Morgan fingerprint density at radius 1 is 1.28 bits per heavy atom. The third-order valence-electron chi connectivity index (χ3n) is 2.09. The molecule has 0 fully saturated rings. The number of halogens is 2. The maximum absolute atomic E-state index is 13.5. The van der Waals surface area contributed by atoms with Gasteiger partial charge in [0.05, 0.1) is 5.69 Å². The van der Waals surface area contributed by atoms with Gasteiger partial charge in [-0.05, 0) is 18.2 Å². The number of carbonyl (C=O) groups is 1. The van der Waals surface area contributed by atoms with Crippen molar-refractivity contribution in [2.24, 2.45) is 0 Å². The molecule has 2 rings (SSSR count). The van der Waals surface area contributed by atoms with Crippen LogP contribution in [-0.4, -0.2) is 11.4 Å². The van der Waals surface area contributed by atoms with E-state index in [1.807, 2.05) is 0 Å². The van der Waals surface area contributed by atoms with Gasteiger partial charge in [0.25, 0.3) is 0 Å². The van der Waals surface area contributed by atoms with Gasteiger partial charge in [0.2, 0.25) is 6.41 Å². The first kappa shape index (κ1) is 12.3. The zero-order valence-electron chi connectivity index (χ0n) is 9.06.